The maximum absolute atomic E-state index is 13.0. The Kier molecular flexibility index (Phi) is 7.36. The van der Waals surface area contributed by atoms with Gasteiger partial charge in [-0.1, -0.05) is 13.8 Å². The van der Waals surface area contributed by atoms with E-state index in [1.165, 1.54) is 12.1 Å². The maximum Gasteiger partial charge on any atom is 0.189 e. The normalized spacial score (nSPS) is 9.07. The molecule has 0 aliphatic heterocycles. The zero-order valence-electron chi connectivity index (χ0n) is 9.42. The van der Waals surface area contributed by atoms with E-state index in [0.717, 1.165) is 0 Å². The Morgan fingerprint density at radius 1 is 1.33 bits per heavy atom. The van der Waals surface area contributed by atoms with Gasteiger partial charge in [0.15, 0.2) is 18.4 Å². The summed E-state index contributed by atoms with van der Waals surface area (Å²) in [5, 5.41) is 0. The Morgan fingerprint density at radius 2 is 2.00 bits per heavy atom. The number of rotatable bonds is 4. The van der Waals surface area contributed by atoms with E-state index in [4.69, 9.17) is 15.2 Å². The second-order valence-corrected chi connectivity index (χ2v) is 2.44. The largest absolute Gasteiger partial charge is 0.464 e. The van der Waals surface area contributed by atoms with Gasteiger partial charge in [0.25, 0.3) is 0 Å². The summed E-state index contributed by atoms with van der Waals surface area (Å²) in [5.74, 6) is -0.317. The summed E-state index contributed by atoms with van der Waals surface area (Å²) in [6.07, 6.45) is 0. The van der Waals surface area contributed by atoms with Crippen molar-refractivity contribution in [2.24, 2.45) is 0 Å². The van der Waals surface area contributed by atoms with Crippen molar-refractivity contribution in [1.82, 2.24) is 0 Å². The van der Waals surface area contributed by atoms with Crippen molar-refractivity contribution in [2.45, 2.75) is 20.8 Å². The number of ether oxygens (including phenoxy) is 2. The number of halogens is 1. The van der Waals surface area contributed by atoms with Gasteiger partial charge in [0, 0.05) is 18.4 Å². The highest BCUT2D eigenvalue weighted by molar-refractivity contribution is 5.42. The van der Waals surface area contributed by atoms with Gasteiger partial charge in [0.1, 0.15) is 0 Å². The molecule has 0 bridgehead atoms. The summed E-state index contributed by atoms with van der Waals surface area (Å²) in [6, 6.07) is 4.26. The lowest BCUT2D eigenvalue weighted by Gasteiger charge is -2.06. The van der Waals surface area contributed by atoms with Gasteiger partial charge >= 0.3 is 0 Å². The Balaban J connectivity index is 0.000000921. The molecule has 0 fully saturated rings. The quantitative estimate of drug-likeness (QED) is 0.477. The average molecular weight is 215 g/mol. The van der Waals surface area contributed by atoms with Crippen LogP contribution in [0.2, 0.25) is 0 Å². The molecule has 3 nitrogen and oxygen atoms in total. The fourth-order valence-electron chi connectivity index (χ4n) is 0.823. The Bertz CT molecular complexity index is 279. The molecule has 0 amide bonds. The first-order valence-corrected chi connectivity index (χ1v) is 4.99. The van der Waals surface area contributed by atoms with Crippen LogP contribution in [-0.2, 0) is 4.74 Å². The highest BCUT2D eigenvalue weighted by Crippen LogP contribution is 2.18. The highest BCUT2D eigenvalue weighted by Gasteiger charge is 2.02. The molecular weight excluding hydrogens is 197 g/mol. The first kappa shape index (κ1) is 13.7. The number of nitrogen functional groups attached to an aromatic ring is 1. The molecule has 1 aromatic carbocycles. The molecule has 0 heterocycles. The van der Waals surface area contributed by atoms with Gasteiger partial charge < -0.3 is 15.2 Å². The zero-order valence-corrected chi connectivity index (χ0v) is 9.42. The topological polar surface area (TPSA) is 44.5 Å². The summed E-state index contributed by atoms with van der Waals surface area (Å²) >= 11 is 0. The number of benzene rings is 1. The molecule has 0 saturated carbocycles. The number of nitrogens with two attached hydrogens (primary N) is 1. The maximum atomic E-state index is 13.0. The lowest BCUT2D eigenvalue weighted by molar-refractivity contribution is 0.0201. The van der Waals surface area contributed by atoms with Crippen LogP contribution in [0.15, 0.2) is 18.2 Å². The second kappa shape index (κ2) is 8.05. The highest BCUT2D eigenvalue weighted by atomic mass is 19.1. The standard InChI is InChI=1S/C9H12FNO2.C2H6/c1-2-12-6-13-9-4-3-7(11)5-8(9)10;1-2/h3-5H,2,6,11H2,1H3;1-2H3. The molecule has 86 valence electrons. The summed E-state index contributed by atoms with van der Waals surface area (Å²) < 4.78 is 22.9. The van der Waals surface area contributed by atoms with Crippen molar-refractivity contribution in [1.29, 1.82) is 0 Å². The van der Waals surface area contributed by atoms with Crippen molar-refractivity contribution < 1.29 is 13.9 Å². The first-order valence-electron chi connectivity index (χ1n) is 4.99. The molecule has 0 spiro atoms. The van der Waals surface area contributed by atoms with Gasteiger partial charge in [-0.15, -0.1) is 0 Å². The van der Waals surface area contributed by atoms with E-state index in [1.54, 1.807) is 6.07 Å². The molecule has 0 atom stereocenters. The van der Waals surface area contributed by atoms with Crippen LogP contribution in [0.25, 0.3) is 0 Å². The third-order valence-electron chi connectivity index (χ3n) is 1.46. The third kappa shape index (κ3) is 5.22. The minimum atomic E-state index is -0.472. The number of hydrogen-bond donors (Lipinski definition) is 1. The van der Waals surface area contributed by atoms with Crippen molar-refractivity contribution in [3.05, 3.63) is 24.0 Å². The van der Waals surface area contributed by atoms with Crippen molar-refractivity contribution in [3.63, 3.8) is 0 Å². The van der Waals surface area contributed by atoms with Crippen molar-refractivity contribution in [2.75, 3.05) is 19.1 Å². The molecule has 2 N–H and O–H groups in total. The summed E-state index contributed by atoms with van der Waals surface area (Å²) in [5.41, 5.74) is 5.73. The number of anilines is 1. The summed E-state index contributed by atoms with van der Waals surface area (Å²) in [6.45, 7) is 6.43. The summed E-state index contributed by atoms with van der Waals surface area (Å²) in [4.78, 5) is 0. The van der Waals surface area contributed by atoms with E-state index in [-0.39, 0.29) is 12.5 Å². The molecule has 0 saturated heterocycles. The van der Waals surface area contributed by atoms with Crippen LogP contribution in [0.4, 0.5) is 10.1 Å². The molecule has 0 aliphatic carbocycles. The first-order chi connectivity index (χ1) is 7.24. The lowest BCUT2D eigenvalue weighted by atomic mass is 10.3. The predicted molar refractivity (Wildman–Crippen MR) is 59.3 cm³/mol. The van der Waals surface area contributed by atoms with Gasteiger partial charge in [-0.3, -0.25) is 0 Å². The van der Waals surface area contributed by atoms with Crippen LogP contribution in [0, 0.1) is 5.82 Å². The van der Waals surface area contributed by atoms with Crippen LogP contribution in [0.1, 0.15) is 20.8 Å². The van der Waals surface area contributed by atoms with Crippen LogP contribution in [0.5, 0.6) is 5.75 Å². The van der Waals surface area contributed by atoms with E-state index < -0.39 is 5.82 Å². The van der Waals surface area contributed by atoms with E-state index >= 15 is 0 Å². The third-order valence-corrected chi connectivity index (χ3v) is 1.46. The fourth-order valence-corrected chi connectivity index (χ4v) is 0.823. The van der Waals surface area contributed by atoms with Crippen molar-refractivity contribution >= 4 is 5.69 Å². The lowest BCUT2D eigenvalue weighted by Crippen LogP contribution is -2.03. The smallest absolute Gasteiger partial charge is 0.189 e. The molecule has 1 aromatic rings. The van der Waals surface area contributed by atoms with Gasteiger partial charge in [-0.2, -0.15) is 0 Å². The van der Waals surface area contributed by atoms with Crippen LogP contribution in [0.3, 0.4) is 0 Å². The van der Waals surface area contributed by atoms with Gasteiger partial charge in [-0.05, 0) is 19.1 Å². The zero-order chi connectivity index (χ0) is 11.7. The Morgan fingerprint density at radius 3 is 2.53 bits per heavy atom. The van der Waals surface area contributed by atoms with Crippen LogP contribution >= 0.6 is 0 Å². The molecule has 4 heteroatoms. The van der Waals surface area contributed by atoms with E-state index in [9.17, 15) is 4.39 Å². The van der Waals surface area contributed by atoms with E-state index in [1.807, 2.05) is 20.8 Å². The summed E-state index contributed by atoms with van der Waals surface area (Å²) in [7, 11) is 0. The Hall–Kier alpha value is -1.29. The molecular formula is C11H18FNO2. The fraction of sp³-hybridized carbons (Fsp3) is 0.455. The molecule has 0 unspecified atom stereocenters. The second-order valence-electron chi connectivity index (χ2n) is 2.44. The van der Waals surface area contributed by atoms with Gasteiger partial charge in [-0.25, -0.2) is 4.39 Å². The Labute approximate surface area is 90.0 Å². The number of hydrogen-bond acceptors (Lipinski definition) is 3. The minimum Gasteiger partial charge on any atom is -0.464 e. The molecule has 0 radical (unpaired) electrons. The van der Waals surface area contributed by atoms with Crippen LogP contribution in [-0.4, -0.2) is 13.4 Å². The van der Waals surface area contributed by atoms with Gasteiger partial charge in [0.2, 0.25) is 0 Å². The molecule has 0 aliphatic rings. The van der Waals surface area contributed by atoms with Crippen LogP contribution < -0.4 is 10.5 Å². The monoisotopic (exact) mass is 215 g/mol. The van der Waals surface area contributed by atoms with E-state index in [0.29, 0.717) is 12.3 Å². The van der Waals surface area contributed by atoms with Gasteiger partial charge in [0.05, 0.1) is 0 Å². The van der Waals surface area contributed by atoms with E-state index in [2.05, 4.69) is 0 Å². The average Bonchev–Trinajstić information content (AvgIpc) is 2.24. The molecule has 1 rings (SSSR count). The predicted octanol–water partition coefficient (Wildman–Crippen LogP) is 2.81. The minimum absolute atomic E-state index is 0.0529. The molecule has 15 heavy (non-hydrogen) atoms. The molecule has 0 aromatic heterocycles. The SMILES string of the molecule is CC.CCOCOc1ccc(N)cc1F. The van der Waals surface area contributed by atoms with Crippen molar-refractivity contribution in [3.8, 4) is 5.75 Å².